The van der Waals surface area contributed by atoms with Gasteiger partial charge in [-0.15, -0.1) is 0 Å². The highest BCUT2D eigenvalue weighted by atomic mass is 16.5. The Morgan fingerprint density at radius 2 is 1.94 bits per heavy atom. The number of pyridine rings is 1. The van der Waals surface area contributed by atoms with Crippen molar-refractivity contribution in [2.24, 2.45) is 12.0 Å². The molecular weight excluding hydrogens is 450 g/mol. The van der Waals surface area contributed by atoms with Gasteiger partial charge in [0.1, 0.15) is 28.6 Å². The lowest BCUT2D eigenvalue weighted by molar-refractivity contribution is -0.126. The zero-order valence-electron chi connectivity index (χ0n) is 19.5. The van der Waals surface area contributed by atoms with Crippen LogP contribution in [0.25, 0.3) is 22.4 Å². The van der Waals surface area contributed by atoms with E-state index in [0.717, 1.165) is 5.56 Å². The van der Waals surface area contributed by atoms with Crippen LogP contribution in [-0.2, 0) is 18.4 Å². The molecule has 1 fully saturated rings. The van der Waals surface area contributed by atoms with Gasteiger partial charge in [0.15, 0.2) is 5.65 Å². The van der Waals surface area contributed by atoms with Gasteiger partial charge in [-0.05, 0) is 12.1 Å². The largest absolute Gasteiger partial charge is 0.497 e. The smallest absolute Gasteiger partial charge is 0.249 e. The third-order valence-electron chi connectivity index (χ3n) is 5.84. The number of hydrogen-bond donors (Lipinski definition) is 2. The standard InChI is InChI=1S/C24H25N7O4/c1-30-12-14(10-26-30)20-11-25-19-4-5-22(27-15-6-17(34-2)9-18(7-15)35-3)31(23(19)29-20)13-16-8-21(32)24(33)28-16/h4-7,9-12,16,21,32H,8,13H2,1-3H3,(H,28,33)/b27-22+. The maximum atomic E-state index is 11.9. The number of nitrogens with one attached hydrogen (secondary N) is 1. The van der Waals surface area contributed by atoms with Gasteiger partial charge >= 0.3 is 0 Å². The van der Waals surface area contributed by atoms with Crippen LogP contribution in [-0.4, -0.2) is 61.7 Å². The number of amides is 1. The van der Waals surface area contributed by atoms with Crippen molar-refractivity contribution < 1.29 is 19.4 Å². The summed E-state index contributed by atoms with van der Waals surface area (Å²) in [4.78, 5) is 26.2. The van der Waals surface area contributed by atoms with Crippen LogP contribution >= 0.6 is 0 Å². The van der Waals surface area contributed by atoms with E-state index in [1.807, 2.05) is 29.9 Å². The monoisotopic (exact) mass is 475 g/mol. The Labute approximate surface area is 200 Å². The topological polar surface area (TPSA) is 129 Å². The van der Waals surface area contributed by atoms with Gasteiger partial charge in [0.2, 0.25) is 5.91 Å². The lowest BCUT2D eigenvalue weighted by atomic mass is 10.2. The van der Waals surface area contributed by atoms with E-state index in [0.29, 0.717) is 52.5 Å². The first-order valence-electron chi connectivity index (χ1n) is 11.1. The second kappa shape index (κ2) is 9.18. The summed E-state index contributed by atoms with van der Waals surface area (Å²) in [5.41, 5.74) is 3.98. The van der Waals surface area contributed by atoms with E-state index >= 15 is 0 Å². The van der Waals surface area contributed by atoms with E-state index in [9.17, 15) is 9.90 Å². The van der Waals surface area contributed by atoms with Gasteiger partial charge in [0.25, 0.3) is 0 Å². The summed E-state index contributed by atoms with van der Waals surface area (Å²) in [6, 6.07) is 8.79. The molecule has 4 aromatic rings. The molecule has 1 aliphatic rings. The van der Waals surface area contributed by atoms with E-state index in [1.165, 1.54) is 0 Å². The van der Waals surface area contributed by atoms with Crippen molar-refractivity contribution in [3.63, 3.8) is 0 Å². The quantitative estimate of drug-likeness (QED) is 0.430. The van der Waals surface area contributed by atoms with Crippen molar-refractivity contribution in [2.45, 2.75) is 25.1 Å². The van der Waals surface area contributed by atoms with E-state index in [-0.39, 0.29) is 11.9 Å². The Morgan fingerprint density at radius 3 is 2.57 bits per heavy atom. The van der Waals surface area contributed by atoms with Crippen LogP contribution in [0.15, 0.2) is 53.9 Å². The first-order valence-corrected chi connectivity index (χ1v) is 11.1. The number of aliphatic hydroxyl groups is 1. The van der Waals surface area contributed by atoms with Crippen LogP contribution in [0.1, 0.15) is 6.42 Å². The summed E-state index contributed by atoms with van der Waals surface area (Å²) >= 11 is 0. The molecule has 2 unspecified atom stereocenters. The summed E-state index contributed by atoms with van der Waals surface area (Å²) in [6.45, 7) is 0.352. The summed E-state index contributed by atoms with van der Waals surface area (Å²) in [5.74, 6) is 0.842. The molecule has 1 amide bonds. The molecule has 11 heteroatoms. The number of nitrogens with zero attached hydrogens (tertiary/aromatic N) is 6. The van der Waals surface area contributed by atoms with Gasteiger partial charge < -0.3 is 24.5 Å². The van der Waals surface area contributed by atoms with Gasteiger partial charge in [0, 0.05) is 56.0 Å². The molecule has 1 aromatic carbocycles. The maximum Gasteiger partial charge on any atom is 0.249 e. The fourth-order valence-corrected chi connectivity index (χ4v) is 4.09. The summed E-state index contributed by atoms with van der Waals surface area (Å²) < 4.78 is 14.4. The minimum atomic E-state index is -1.03. The zero-order chi connectivity index (χ0) is 24.5. The summed E-state index contributed by atoms with van der Waals surface area (Å²) in [7, 11) is 5.00. The van der Waals surface area contributed by atoms with Gasteiger partial charge in [-0.3, -0.25) is 14.5 Å². The predicted octanol–water partition coefficient (Wildman–Crippen LogP) is 1.33. The number of aryl methyl sites for hydroxylation is 1. The highest BCUT2D eigenvalue weighted by Gasteiger charge is 2.30. The van der Waals surface area contributed by atoms with Gasteiger partial charge in [-0.1, -0.05) is 0 Å². The van der Waals surface area contributed by atoms with E-state index in [2.05, 4.69) is 15.4 Å². The van der Waals surface area contributed by atoms with E-state index in [1.54, 1.807) is 49.5 Å². The Balaban J connectivity index is 1.69. The van der Waals surface area contributed by atoms with Crippen LogP contribution in [0.3, 0.4) is 0 Å². The molecule has 0 radical (unpaired) electrons. The van der Waals surface area contributed by atoms with Gasteiger partial charge in [-0.2, -0.15) is 5.10 Å². The Morgan fingerprint density at radius 1 is 1.17 bits per heavy atom. The maximum absolute atomic E-state index is 11.9. The lowest BCUT2D eigenvalue weighted by Gasteiger charge is -2.16. The van der Waals surface area contributed by atoms with Crippen molar-refractivity contribution in [1.82, 2.24) is 29.6 Å². The number of carbonyl (C=O) groups excluding carboxylic acids is 1. The first-order chi connectivity index (χ1) is 16.9. The average Bonchev–Trinajstić information content (AvgIpc) is 3.44. The Bertz CT molecular complexity index is 1450. The molecule has 5 rings (SSSR count). The molecule has 0 spiro atoms. The molecule has 0 saturated carbocycles. The fraction of sp³-hybridized carbons (Fsp3) is 0.292. The van der Waals surface area contributed by atoms with Crippen molar-refractivity contribution in [2.75, 3.05) is 14.2 Å². The van der Waals surface area contributed by atoms with E-state index < -0.39 is 6.10 Å². The Kier molecular flexibility index (Phi) is 5.91. The van der Waals surface area contributed by atoms with Crippen molar-refractivity contribution in [3.8, 4) is 22.8 Å². The molecule has 4 heterocycles. The average molecular weight is 476 g/mol. The number of benzene rings is 1. The number of ether oxygens (including phenoxy) is 2. The van der Waals surface area contributed by atoms with Crippen LogP contribution in [0.2, 0.25) is 0 Å². The second-order valence-electron chi connectivity index (χ2n) is 8.31. The molecule has 3 aromatic heterocycles. The third kappa shape index (κ3) is 4.58. The zero-order valence-corrected chi connectivity index (χ0v) is 19.5. The molecule has 1 aliphatic heterocycles. The highest BCUT2D eigenvalue weighted by Crippen LogP contribution is 2.27. The highest BCUT2D eigenvalue weighted by molar-refractivity contribution is 5.83. The Hall–Kier alpha value is -4.25. The van der Waals surface area contributed by atoms with Crippen LogP contribution in [0.5, 0.6) is 11.5 Å². The molecular formula is C24H25N7O4. The van der Waals surface area contributed by atoms with Crippen LogP contribution in [0.4, 0.5) is 5.69 Å². The number of aromatic nitrogens is 5. The molecule has 0 aliphatic carbocycles. The van der Waals surface area contributed by atoms with Crippen LogP contribution in [0, 0.1) is 0 Å². The predicted molar refractivity (Wildman–Crippen MR) is 127 cm³/mol. The first kappa shape index (κ1) is 22.5. The molecule has 1 saturated heterocycles. The third-order valence-corrected chi connectivity index (χ3v) is 5.84. The molecule has 11 nitrogen and oxygen atoms in total. The molecule has 35 heavy (non-hydrogen) atoms. The molecule has 2 N–H and O–H groups in total. The fourth-order valence-electron chi connectivity index (χ4n) is 4.09. The molecule has 0 bridgehead atoms. The van der Waals surface area contributed by atoms with Gasteiger partial charge in [0.05, 0.1) is 38.0 Å². The minimum Gasteiger partial charge on any atom is -0.497 e. The van der Waals surface area contributed by atoms with E-state index in [4.69, 9.17) is 19.5 Å². The number of carbonyl (C=O) groups is 1. The normalized spacial score (nSPS) is 18.2. The molecule has 180 valence electrons. The SMILES string of the molecule is COc1cc(/N=c2\ccc3ncc(-c4cnn(C)c4)nc3n2CC2CC(O)C(=O)N2)cc(OC)c1. The second-order valence-corrected chi connectivity index (χ2v) is 8.31. The molecule has 2 atom stereocenters. The minimum absolute atomic E-state index is 0.286. The summed E-state index contributed by atoms with van der Waals surface area (Å²) in [5, 5.41) is 17.0. The van der Waals surface area contributed by atoms with Crippen LogP contribution < -0.4 is 20.3 Å². The summed E-state index contributed by atoms with van der Waals surface area (Å²) in [6.07, 6.45) is 4.56. The van der Waals surface area contributed by atoms with Crippen molar-refractivity contribution >= 4 is 22.8 Å². The van der Waals surface area contributed by atoms with Crippen molar-refractivity contribution in [1.29, 1.82) is 0 Å². The number of methoxy groups -OCH3 is 2. The number of rotatable bonds is 6. The van der Waals surface area contributed by atoms with Gasteiger partial charge in [-0.25, -0.2) is 9.98 Å². The number of hydrogen-bond acceptors (Lipinski definition) is 8. The lowest BCUT2D eigenvalue weighted by Crippen LogP contribution is -2.34. The number of aliphatic hydroxyl groups excluding tert-OH is 1. The van der Waals surface area contributed by atoms with Crippen molar-refractivity contribution in [3.05, 3.63) is 54.4 Å². The number of fused-ring (bicyclic) bond motifs is 1.